The molecule has 0 aliphatic carbocycles. The van der Waals surface area contributed by atoms with Gasteiger partial charge in [0, 0.05) is 10.9 Å². The predicted molar refractivity (Wildman–Crippen MR) is 124 cm³/mol. The Morgan fingerprint density at radius 1 is 0.938 bits per heavy atom. The third-order valence-electron chi connectivity index (χ3n) is 5.17. The minimum absolute atomic E-state index is 0.0704. The lowest BCUT2D eigenvalue weighted by Gasteiger charge is -2.12. The number of fused-ring (bicyclic) bond motifs is 2. The van der Waals surface area contributed by atoms with Gasteiger partial charge in [-0.3, -0.25) is 9.59 Å². The van der Waals surface area contributed by atoms with Crippen LogP contribution in [0.4, 0.5) is 0 Å². The Morgan fingerprint density at radius 3 is 2.53 bits per heavy atom. The fraction of sp³-hybridized carbons (Fsp3) is 0.0769. The normalized spacial score (nSPS) is 11.2. The highest BCUT2D eigenvalue weighted by atomic mass is 35.5. The Hall–Kier alpha value is -3.83. The molecule has 2 heterocycles. The standard InChI is InChI=1S/C26H17ClO5/c1-15-10-11-18-22(12-15)32-25(17-7-3-4-8-19(17)27)26(24(18)29)30-14-20(28)23-13-16-6-2-5-9-21(16)31-23/h2-13H,14H2,1H3. The van der Waals surface area contributed by atoms with Crippen LogP contribution in [-0.4, -0.2) is 12.4 Å². The Balaban J connectivity index is 1.57. The number of para-hydroxylation sites is 1. The fourth-order valence-electron chi connectivity index (χ4n) is 3.57. The number of furan rings is 1. The van der Waals surface area contributed by atoms with Crippen molar-refractivity contribution in [3.05, 3.63) is 99.4 Å². The Labute approximate surface area is 187 Å². The van der Waals surface area contributed by atoms with Crippen molar-refractivity contribution in [2.75, 3.05) is 6.61 Å². The molecule has 0 radical (unpaired) electrons. The summed E-state index contributed by atoms with van der Waals surface area (Å²) in [5, 5.41) is 1.57. The predicted octanol–water partition coefficient (Wildman–Crippen LogP) is 6.43. The van der Waals surface area contributed by atoms with Gasteiger partial charge in [0.15, 0.2) is 18.1 Å². The van der Waals surface area contributed by atoms with Crippen LogP contribution in [0.1, 0.15) is 16.1 Å². The first-order chi connectivity index (χ1) is 15.5. The van der Waals surface area contributed by atoms with Gasteiger partial charge in [0.1, 0.15) is 11.2 Å². The Kier molecular flexibility index (Phi) is 5.04. The van der Waals surface area contributed by atoms with E-state index in [0.717, 1.165) is 10.9 Å². The maximum atomic E-state index is 13.3. The largest absolute Gasteiger partial charge is 0.478 e. The zero-order chi connectivity index (χ0) is 22.2. The summed E-state index contributed by atoms with van der Waals surface area (Å²) in [6.07, 6.45) is 0. The van der Waals surface area contributed by atoms with E-state index in [0.29, 0.717) is 27.1 Å². The van der Waals surface area contributed by atoms with Crippen LogP contribution < -0.4 is 10.2 Å². The van der Waals surface area contributed by atoms with E-state index in [1.165, 1.54) is 0 Å². The molecule has 0 fully saturated rings. The van der Waals surface area contributed by atoms with Crippen molar-refractivity contribution in [2.24, 2.45) is 0 Å². The molecular weight excluding hydrogens is 428 g/mol. The number of hydrogen-bond donors (Lipinski definition) is 0. The molecule has 5 aromatic rings. The first-order valence-corrected chi connectivity index (χ1v) is 10.4. The van der Waals surface area contributed by atoms with Crippen molar-refractivity contribution in [2.45, 2.75) is 6.92 Å². The van der Waals surface area contributed by atoms with Gasteiger partial charge in [-0.05, 0) is 48.9 Å². The molecule has 0 spiro atoms. The average Bonchev–Trinajstić information content (AvgIpc) is 3.23. The highest BCUT2D eigenvalue weighted by molar-refractivity contribution is 6.33. The minimum Gasteiger partial charge on any atom is -0.478 e. The molecule has 0 bridgehead atoms. The van der Waals surface area contributed by atoms with Crippen LogP contribution in [0.2, 0.25) is 5.02 Å². The highest BCUT2D eigenvalue weighted by Gasteiger charge is 2.22. The third kappa shape index (κ3) is 3.57. The van der Waals surface area contributed by atoms with Gasteiger partial charge in [-0.15, -0.1) is 0 Å². The molecule has 0 amide bonds. The van der Waals surface area contributed by atoms with Crippen LogP contribution in [0, 0.1) is 6.92 Å². The number of hydrogen-bond acceptors (Lipinski definition) is 5. The lowest BCUT2D eigenvalue weighted by atomic mass is 10.1. The first-order valence-electron chi connectivity index (χ1n) is 9.98. The lowest BCUT2D eigenvalue weighted by Crippen LogP contribution is -2.16. The first kappa shape index (κ1) is 20.1. The second-order valence-electron chi connectivity index (χ2n) is 7.43. The van der Waals surface area contributed by atoms with Gasteiger partial charge in [-0.25, -0.2) is 0 Å². The second-order valence-corrected chi connectivity index (χ2v) is 7.84. The number of halogens is 1. The number of ether oxygens (including phenoxy) is 1. The van der Waals surface area contributed by atoms with Crippen LogP contribution in [0.3, 0.4) is 0 Å². The van der Waals surface area contributed by atoms with Crippen LogP contribution in [0.5, 0.6) is 5.75 Å². The molecule has 158 valence electrons. The molecule has 0 saturated carbocycles. The summed E-state index contributed by atoms with van der Waals surface area (Å²) in [6, 6.07) is 21.2. The molecule has 0 unspecified atom stereocenters. The average molecular weight is 445 g/mol. The van der Waals surface area contributed by atoms with Crippen molar-refractivity contribution < 1.29 is 18.4 Å². The molecule has 32 heavy (non-hydrogen) atoms. The van der Waals surface area contributed by atoms with Crippen molar-refractivity contribution in [1.29, 1.82) is 0 Å². The summed E-state index contributed by atoms with van der Waals surface area (Å²) in [7, 11) is 0. The summed E-state index contributed by atoms with van der Waals surface area (Å²) in [4.78, 5) is 26.0. The Bertz CT molecular complexity index is 1510. The van der Waals surface area contributed by atoms with Gasteiger partial charge in [0.2, 0.25) is 17.0 Å². The smallest absolute Gasteiger partial charge is 0.235 e. The number of aryl methyl sites for hydroxylation is 1. The molecule has 0 atom stereocenters. The SMILES string of the molecule is Cc1ccc2c(=O)c(OCC(=O)c3cc4ccccc4o3)c(-c3ccccc3Cl)oc2c1. The molecule has 0 N–H and O–H groups in total. The minimum atomic E-state index is -0.394. The molecule has 0 aliphatic heterocycles. The molecule has 5 nitrogen and oxygen atoms in total. The number of rotatable bonds is 5. The summed E-state index contributed by atoms with van der Waals surface area (Å²) in [6.45, 7) is 1.52. The van der Waals surface area contributed by atoms with Gasteiger partial charge in [-0.1, -0.05) is 48.0 Å². The van der Waals surface area contributed by atoms with E-state index < -0.39 is 5.78 Å². The molecule has 2 aromatic heterocycles. The van der Waals surface area contributed by atoms with E-state index in [-0.39, 0.29) is 29.3 Å². The molecule has 6 heteroatoms. The van der Waals surface area contributed by atoms with E-state index in [1.807, 2.05) is 31.2 Å². The van der Waals surface area contributed by atoms with Crippen molar-refractivity contribution in [3.63, 3.8) is 0 Å². The van der Waals surface area contributed by atoms with Crippen molar-refractivity contribution >= 4 is 39.3 Å². The number of benzene rings is 3. The highest BCUT2D eigenvalue weighted by Crippen LogP contribution is 2.35. The zero-order valence-electron chi connectivity index (χ0n) is 17.1. The molecule has 3 aromatic carbocycles. The quantitative estimate of drug-likeness (QED) is 0.292. The topological polar surface area (TPSA) is 69.7 Å². The Morgan fingerprint density at radius 2 is 1.72 bits per heavy atom. The molecule has 0 saturated heterocycles. The summed E-state index contributed by atoms with van der Waals surface area (Å²) in [5.41, 5.74) is 2.09. The number of Topliss-reactive ketones (excluding diaryl/α,β-unsaturated/α-hetero) is 1. The van der Waals surface area contributed by atoms with E-state index in [2.05, 4.69) is 0 Å². The van der Waals surface area contributed by atoms with Crippen molar-refractivity contribution in [3.8, 4) is 17.1 Å². The summed E-state index contributed by atoms with van der Waals surface area (Å²) >= 11 is 6.37. The van der Waals surface area contributed by atoms with Crippen LogP contribution >= 0.6 is 11.6 Å². The fourth-order valence-corrected chi connectivity index (χ4v) is 3.79. The number of carbonyl (C=O) groups is 1. The number of carbonyl (C=O) groups excluding carboxylic acids is 1. The monoisotopic (exact) mass is 444 g/mol. The molecular formula is C26H17ClO5. The molecule has 0 aliphatic rings. The summed E-state index contributed by atoms with van der Waals surface area (Å²) in [5.74, 6) is -0.129. The van der Waals surface area contributed by atoms with E-state index >= 15 is 0 Å². The maximum Gasteiger partial charge on any atom is 0.235 e. The van der Waals surface area contributed by atoms with Gasteiger partial charge in [0.05, 0.1) is 10.4 Å². The van der Waals surface area contributed by atoms with Gasteiger partial charge < -0.3 is 13.6 Å². The van der Waals surface area contributed by atoms with Gasteiger partial charge in [0.25, 0.3) is 0 Å². The van der Waals surface area contributed by atoms with Crippen LogP contribution in [0.25, 0.3) is 33.3 Å². The lowest BCUT2D eigenvalue weighted by molar-refractivity contribution is 0.0894. The van der Waals surface area contributed by atoms with Gasteiger partial charge in [-0.2, -0.15) is 0 Å². The van der Waals surface area contributed by atoms with Crippen LogP contribution in [0.15, 0.2) is 86.4 Å². The van der Waals surface area contributed by atoms with Crippen molar-refractivity contribution in [1.82, 2.24) is 0 Å². The zero-order valence-corrected chi connectivity index (χ0v) is 17.8. The van der Waals surface area contributed by atoms with E-state index in [9.17, 15) is 9.59 Å². The maximum absolute atomic E-state index is 13.3. The van der Waals surface area contributed by atoms with Crippen LogP contribution in [-0.2, 0) is 0 Å². The summed E-state index contributed by atoms with van der Waals surface area (Å²) < 4.78 is 17.4. The second kappa shape index (κ2) is 8.02. The number of ketones is 1. The molecule has 5 rings (SSSR count). The van der Waals surface area contributed by atoms with Gasteiger partial charge >= 0.3 is 0 Å². The third-order valence-corrected chi connectivity index (χ3v) is 5.50. The van der Waals surface area contributed by atoms with E-state index in [4.69, 9.17) is 25.2 Å². The van der Waals surface area contributed by atoms with E-state index in [1.54, 1.807) is 48.5 Å².